The third-order valence-electron chi connectivity index (χ3n) is 2.50. The van der Waals surface area contributed by atoms with E-state index in [1.54, 1.807) is 11.8 Å². The van der Waals surface area contributed by atoms with Crippen molar-refractivity contribution in [2.45, 2.75) is 23.5 Å². The van der Waals surface area contributed by atoms with Gasteiger partial charge in [0.2, 0.25) is 10.0 Å². The van der Waals surface area contributed by atoms with Gasteiger partial charge in [-0.15, -0.1) is 0 Å². The number of thioether (sulfide) groups is 1. The van der Waals surface area contributed by atoms with Crippen LogP contribution in [0.2, 0.25) is 0 Å². The molecule has 0 heterocycles. The minimum Gasteiger partial charge on any atom is -0.398 e. The zero-order valence-electron chi connectivity index (χ0n) is 10.5. The van der Waals surface area contributed by atoms with Gasteiger partial charge in [0.25, 0.3) is 0 Å². The van der Waals surface area contributed by atoms with Gasteiger partial charge >= 0.3 is 0 Å². The van der Waals surface area contributed by atoms with Gasteiger partial charge in [-0.1, -0.05) is 0 Å². The van der Waals surface area contributed by atoms with E-state index in [1.807, 2.05) is 20.1 Å². The zero-order chi connectivity index (χ0) is 14.0. The molecular formula is C11H17FN2O2S2. The monoisotopic (exact) mass is 292 g/mol. The summed E-state index contributed by atoms with van der Waals surface area (Å²) in [5.41, 5.74) is 5.42. The largest absolute Gasteiger partial charge is 0.398 e. The molecule has 0 unspecified atom stereocenters. The van der Waals surface area contributed by atoms with Crippen LogP contribution in [0, 0.1) is 5.82 Å². The standard InChI is InChI=1S/C11H17FN2O2S2/c1-11(2,17-3)7-14-18(15,16)10-5-4-8(12)6-9(10)13/h4-6,14H,7,13H2,1-3H3. The van der Waals surface area contributed by atoms with Crippen LogP contribution in [-0.2, 0) is 10.0 Å². The number of halogens is 1. The van der Waals surface area contributed by atoms with Crippen molar-refractivity contribution >= 4 is 27.5 Å². The van der Waals surface area contributed by atoms with Crippen LogP contribution in [0.3, 0.4) is 0 Å². The third-order valence-corrected chi connectivity index (χ3v) is 5.23. The number of nitrogens with one attached hydrogen (secondary N) is 1. The molecule has 0 saturated heterocycles. The Morgan fingerprint density at radius 1 is 1.44 bits per heavy atom. The summed E-state index contributed by atoms with van der Waals surface area (Å²) < 4.78 is 39.1. The smallest absolute Gasteiger partial charge is 0.242 e. The summed E-state index contributed by atoms with van der Waals surface area (Å²) >= 11 is 1.55. The Hall–Kier alpha value is -0.790. The fourth-order valence-corrected chi connectivity index (χ4v) is 2.81. The highest BCUT2D eigenvalue weighted by molar-refractivity contribution is 8.00. The van der Waals surface area contributed by atoms with Gasteiger partial charge in [0, 0.05) is 11.3 Å². The maximum Gasteiger partial charge on any atom is 0.242 e. The Balaban J connectivity index is 2.94. The molecular weight excluding hydrogens is 275 g/mol. The lowest BCUT2D eigenvalue weighted by Crippen LogP contribution is -2.36. The van der Waals surface area contributed by atoms with E-state index in [4.69, 9.17) is 5.73 Å². The lowest BCUT2D eigenvalue weighted by molar-refractivity contribution is 0.570. The van der Waals surface area contributed by atoms with Gasteiger partial charge in [-0.3, -0.25) is 0 Å². The average Bonchev–Trinajstić information content (AvgIpc) is 2.26. The van der Waals surface area contributed by atoms with E-state index in [0.717, 1.165) is 12.1 Å². The molecule has 7 heteroatoms. The molecule has 0 spiro atoms. The van der Waals surface area contributed by atoms with Crippen LogP contribution in [-0.4, -0.2) is 26.0 Å². The number of rotatable bonds is 5. The van der Waals surface area contributed by atoms with E-state index >= 15 is 0 Å². The highest BCUT2D eigenvalue weighted by Gasteiger charge is 2.22. The second-order valence-electron chi connectivity index (χ2n) is 4.47. The van der Waals surface area contributed by atoms with Crippen molar-refractivity contribution in [3.63, 3.8) is 0 Å². The normalized spacial score (nSPS) is 12.7. The summed E-state index contributed by atoms with van der Waals surface area (Å²) in [6.45, 7) is 4.12. The minimum absolute atomic E-state index is 0.0931. The molecule has 0 aliphatic rings. The van der Waals surface area contributed by atoms with Gasteiger partial charge < -0.3 is 5.73 Å². The number of sulfonamides is 1. The lowest BCUT2D eigenvalue weighted by Gasteiger charge is -2.22. The number of hydrogen-bond acceptors (Lipinski definition) is 4. The van der Waals surface area contributed by atoms with Crippen LogP contribution in [0.1, 0.15) is 13.8 Å². The van der Waals surface area contributed by atoms with Crippen LogP contribution >= 0.6 is 11.8 Å². The van der Waals surface area contributed by atoms with E-state index in [9.17, 15) is 12.8 Å². The summed E-state index contributed by atoms with van der Waals surface area (Å²) in [6, 6.07) is 3.23. The first kappa shape index (κ1) is 15.3. The van der Waals surface area contributed by atoms with Gasteiger partial charge in [-0.05, 0) is 38.3 Å². The Kier molecular flexibility index (Phi) is 4.63. The van der Waals surface area contributed by atoms with Crippen LogP contribution in [0.5, 0.6) is 0 Å². The first-order valence-electron chi connectivity index (χ1n) is 5.28. The second-order valence-corrected chi connectivity index (χ2v) is 7.72. The second kappa shape index (κ2) is 5.46. The van der Waals surface area contributed by atoms with E-state index in [0.29, 0.717) is 0 Å². The molecule has 18 heavy (non-hydrogen) atoms. The molecule has 4 nitrogen and oxygen atoms in total. The summed E-state index contributed by atoms with van der Waals surface area (Å²) in [4.78, 5) is -0.0965. The molecule has 0 atom stereocenters. The quantitative estimate of drug-likeness (QED) is 0.812. The van der Waals surface area contributed by atoms with Crippen LogP contribution in [0.15, 0.2) is 23.1 Å². The molecule has 0 radical (unpaired) electrons. The van der Waals surface area contributed by atoms with Crippen molar-refractivity contribution in [3.05, 3.63) is 24.0 Å². The number of benzene rings is 1. The van der Waals surface area contributed by atoms with Crippen LogP contribution < -0.4 is 10.5 Å². The molecule has 1 aromatic carbocycles. The zero-order valence-corrected chi connectivity index (χ0v) is 12.2. The molecule has 1 aromatic rings. The van der Waals surface area contributed by atoms with Gasteiger partial charge in [0.05, 0.1) is 5.69 Å². The summed E-state index contributed by atoms with van der Waals surface area (Å²) in [7, 11) is -3.71. The fourth-order valence-electron chi connectivity index (χ4n) is 1.18. The van der Waals surface area contributed by atoms with E-state index in [-0.39, 0.29) is 21.9 Å². The Bertz CT molecular complexity index is 530. The number of hydrogen-bond donors (Lipinski definition) is 2. The topological polar surface area (TPSA) is 72.2 Å². The highest BCUT2D eigenvalue weighted by atomic mass is 32.2. The number of anilines is 1. The fraction of sp³-hybridized carbons (Fsp3) is 0.455. The van der Waals surface area contributed by atoms with Gasteiger partial charge in [0.15, 0.2) is 0 Å². The lowest BCUT2D eigenvalue weighted by atomic mass is 10.2. The van der Waals surface area contributed by atoms with Gasteiger partial charge in [0.1, 0.15) is 10.7 Å². The van der Waals surface area contributed by atoms with Crippen molar-refractivity contribution in [1.82, 2.24) is 4.72 Å². The van der Waals surface area contributed by atoms with E-state index < -0.39 is 15.8 Å². The van der Waals surface area contributed by atoms with Crippen molar-refractivity contribution < 1.29 is 12.8 Å². The maximum atomic E-state index is 12.9. The third kappa shape index (κ3) is 3.86. The number of nitrogens with two attached hydrogens (primary N) is 1. The van der Waals surface area contributed by atoms with Gasteiger partial charge in [-0.25, -0.2) is 17.5 Å². The molecule has 0 fully saturated rings. The average molecular weight is 292 g/mol. The van der Waals surface area contributed by atoms with Crippen LogP contribution in [0.4, 0.5) is 10.1 Å². The van der Waals surface area contributed by atoms with Crippen molar-refractivity contribution in [2.24, 2.45) is 0 Å². The van der Waals surface area contributed by atoms with E-state index in [2.05, 4.69) is 4.72 Å². The molecule has 0 saturated carbocycles. The molecule has 0 aromatic heterocycles. The van der Waals surface area contributed by atoms with E-state index in [1.165, 1.54) is 6.07 Å². The van der Waals surface area contributed by atoms with Crippen molar-refractivity contribution in [1.29, 1.82) is 0 Å². The van der Waals surface area contributed by atoms with Crippen molar-refractivity contribution in [3.8, 4) is 0 Å². The molecule has 3 N–H and O–H groups in total. The molecule has 0 bridgehead atoms. The SMILES string of the molecule is CSC(C)(C)CNS(=O)(=O)c1ccc(F)cc1N. The molecule has 0 aliphatic heterocycles. The number of nitrogen functional groups attached to an aromatic ring is 1. The maximum absolute atomic E-state index is 12.9. The minimum atomic E-state index is -3.71. The Labute approximate surface area is 111 Å². The first-order chi connectivity index (χ1) is 8.18. The van der Waals surface area contributed by atoms with Gasteiger partial charge in [-0.2, -0.15) is 11.8 Å². The molecule has 0 aliphatic carbocycles. The Morgan fingerprint density at radius 2 is 2.06 bits per heavy atom. The predicted molar refractivity (Wildman–Crippen MR) is 73.6 cm³/mol. The Morgan fingerprint density at radius 3 is 2.56 bits per heavy atom. The molecule has 0 amide bonds. The molecule has 102 valence electrons. The highest BCUT2D eigenvalue weighted by Crippen LogP contribution is 2.22. The summed E-state index contributed by atoms with van der Waals surface area (Å²) in [6.07, 6.45) is 1.90. The predicted octanol–water partition coefficient (Wildman–Crippen LogP) is 1.83. The van der Waals surface area contributed by atoms with Crippen LogP contribution in [0.25, 0.3) is 0 Å². The first-order valence-corrected chi connectivity index (χ1v) is 7.98. The summed E-state index contributed by atoms with van der Waals surface area (Å²) in [5.74, 6) is -0.559. The van der Waals surface area contributed by atoms with Crippen molar-refractivity contribution in [2.75, 3.05) is 18.5 Å². The summed E-state index contributed by atoms with van der Waals surface area (Å²) in [5, 5.41) is 0. The molecule has 1 rings (SSSR count).